The van der Waals surface area contributed by atoms with Crippen LogP contribution in [0.4, 0.5) is 5.82 Å². The van der Waals surface area contributed by atoms with Crippen LogP contribution in [0.15, 0.2) is 12.1 Å². The van der Waals surface area contributed by atoms with Gasteiger partial charge in [0.1, 0.15) is 0 Å². The number of rotatable bonds is 3. The lowest BCUT2D eigenvalue weighted by molar-refractivity contribution is 0.0494. The summed E-state index contributed by atoms with van der Waals surface area (Å²) < 4.78 is 9.76. The molecular formula is C10H14N4O3. The van der Waals surface area contributed by atoms with Gasteiger partial charge in [-0.2, -0.15) is 0 Å². The molecule has 1 saturated heterocycles. The lowest BCUT2D eigenvalue weighted by Crippen LogP contribution is -2.40. The van der Waals surface area contributed by atoms with Crippen molar-refractivity contribution in [3.8, 4) is 0 Å². The van der Waals surface area contributed by atoms with Gasteiger partial charge in [0.25, 0.3) is 0 Å². The first-order chi connectivity index (χ1) is 8.29. The zero-order valence-corrected chi connectivity index (χ0v) is 9.55. The summed E-state index contributed by atoms with van der Waals surface area (Å²) in [5.74, 6) is 0.106. The van der Waals surface area contributed by atoms with Crippen LogP contribution < -0.4 is 5.43 Å². The third kappa shape index (κ3) is 3.11. The number of esters is 1. The van der Waals surface area contributed by atoms with E-state index in [9.17, 15) is 4.79 Å². The number of methoxy groups -OCH3 is 1. The Morgan fingerprint density at radius 2 is 2.18 bits per heavy atom. The van der Waals surface area contributed by atoms with Crippen molar-refractivity contribution in [2.45, 2.75) is 0 Å². The molecule has 0 bridgehead atoms. The Kier molecular flexibility index (Phi) is 3.84. The predicted molar refractivity (Wildman–Crippen MR) is 59.4 cm³/mol. The number of anilines is 1. The summed E-state index contributed by atoms with van der Waals surface area (Å²) in [6.07, 6.45) is 0. The van der Waals surface area contributed by atoms with Gasteiger partial charge < -0.3 is 14.9 Å². The highest BCUT2D eigenvalue weighted by molar-refractivity contribution is 5.86. The van der Waals surface area contributed by atoms with Crippen LogP contribution in [0.2, 0.25) is 0 Å². The summed E-state index contributed by atoms with van der Waals surface area (Å²) >= 11 is 0. The normalized spacial score (nSPS) is 16.5. The fourth-order valence-corrected chi connectivity index (χ4v) is 1.44. The van der Waals surface area contributed by atoms with Gasteiger partial charge in [-0.25, -0.2) is 9.80 Å². The Balaban J connectivity index is 1.95. The second-order valence-electron chi connectivity index (χ2n) is 3.51. The van der Waals surface area contributed by atoms with E-state index in [1.165, 1.54) is 7.11 Å². The van der Waals surface area contributed by atoms with Gasteiger partial charge in [-0.05, 0) is 12.1 Å². The smallest absolute Gasteiger partial charge is 0.358 e. The molecule has 0 spiro atoms. The van der Waals surface area contributed by atoms with E-state index < -0.39 is 5.97 Å². The Morgan fingerprint density at radius 3 is 2.76 bits per heavy atom. The van der Waals surface area contributed by atoms with Crippen molar-refractivity contribution in [3.63, 3.8) is 0 Å². The molecular weight excluding hydrogens is 224 g/mol. The molecule has 92 valence electrons. The van der Waals surface area contributed by atoms with Crippen molar-refractivity contribution in [2.75, 3.05) is 38.8 Å². The van der Waals surface area contributed by atoms with Crippen LogP contribution in [-0.4, -0.2) is 54.6 Å². The van der Waals surface area contributed by atoms with E-state index >= 15 is 0 Å². The Labute approximate surface area is 98.7 Å². The van der Waals surface area contributed by atoms with E-state index in [0.717, 1.165) is 13.1 Å². The molecule has 2 heterocycles. The zero-order chi connectivity index (χ0) is 12.1. The second kappa shape index (κ2) is 5.55. The zero-order valence-electron chi connectivity index (χ0n) is 9.55. The topological polar surface area (TPSA) is 76.6 Å². The van der Waals surface area contributed by atoms with E-state index in [0.29, 0.717) is 19.0 Å². The van der Waals surface area contributed by atoms with Gasteiger partial charge in [0.15, 0.2) is 11.5 Å². The maximum atomic E-state index is 11.1. The largest absolute Gasteiger partial charge is 0.464 e. The highest BCUT2D eigenvalue weighted by Crippen LogP contribution is 2.05. The molecule has 2 rings (SSSR count). The first-order valence-electron chi connectivity index (χ1n) is 5.31. The number of aromatic nitrogens is 2. The van der Waals surface area contributed by atoms with Crippen molar-refractivity contribution in [2.24, 2.45) is 0 Å². The Morgan fingerprint density at radius 1 is 1.41 bits per heavy atom. The summed E-state index contributed by atoms with van der Waals surface area (Å²) in [7, 11) is 1.31. The molecule has 1 aliphatic rings. The van der Waals surface area contributed by atoms with E-state index in [4.69, 9.17) is 4.74 Å². The van der Waals surface area contributed by atoms with E-state index in [-0.39, 0.29) is 5.69 Å². The SMILES string of the molecule is COC(=O)c1ccc(NN2CCOCC2)nn1. The van der Waals surface area contributed by atoms with Gasteiger partial charge in [0.2, 0.25) is 0 Å². The lowest BCUT2D eigenvalue weighted by Gasteiger charge is -2.27. The number of hydrogen-bond donors (Lipinski definition) is 1. The molecule has 0 amide bonds. The van der Waals surface area contributed by atoms with Crippen LogP contribution in [0.25, 0.3) is 0 Å². The minimum atomic E-state index is -0.490. The summed E-state index contributed by atoms with van der Waals surface area (Å²) in [5, 5.41) is 9.66. The molecule has 1 aliphatic heterocycles. The quantitative estimate of drug-likeness (QED) is 0.738. The number of ether oxygens (including phenoxy) is 2. The average Bonchev–Trinajstić information content (AvgIpc) is 2.40. The van der Waals surface area contributed by atoms with Gasteiger partial charge >= 0.3 is 5.97 Å². The van der Waals surface area contributed by atoms with Gasteiger partial charge in [0.05, 0.1) is 20.3 Å². The molecule has 1 aromatic heterocycles. The van der Waals surface area contributed by atoms with Gasteiger partial charge in [-0.15, -0.1) is 10.2 Å². The van der Waals surface area contributed by atoms with Crippen LogP contribution in [0.5, 0.6) is 0 Å². The van der Waals surface area contributed by atoms with Crippen LogP contribution >= 0.6 is 0 Å². The van der Waals surface area contributed by atoms with Gasteiger partial charge in [0, 0.05) is 13.1 Å². The average molecular weight is 238 g/mol. The predicted octanol–water partition coefficient (Wildman–Crippen LogP) is -0.0777. The van der Waals surface area contributed by atoms with Crippen molar-refractivity contribution in [1.29, 1.82) is 0 Å². The van der Waals surface area contributed by atoms with Crippen molar-refractivity contribution in [1.82, 2.24) is 15.2 Å². The fourth-order valence-electron chi connectivity index (χ4n) is 1.44. The van der Waals surface area contributed by atoms with Crippen LogP contribution in [0.3, 0.4) is 0 Å². The summed E-state index contributed by atoms with van der Waals surface area (Å²) in [4.78, 5) is 11.1. The Bertz CT molecular complexity index is 376. The minimum Gasteiger partial charge on any atom is -0.464 e. The molecule has 1 fully saturated rings. The number of hydrogen-bond acceptors (Lipinski definition) is 7. The molecule has 7 nitrogen and oxygen atoms in total. The Hall–Kier alpha value is -1.73. The number of carbonyl (C=O) groups excluding carboxylic acids is 1. The molecule has 0 saturated carbocycles. The molecule has 17 heavy (non-hydrogen) atoms. The van der Waals surface area contributed by atoms with Crippen LogP contribution in [0, 0.1) is 0 Å². The highest BCUT2D eigenvalue weighted by atomic mass is 16.5. The maximum absolute atomic E-state index is 11.1. The van der Waals surface area contributed by atoms with Crippen LogP contribution in [0.1, 0.15) is 10.5 Å². The standard InChI is InChI=1S/C10H14N4O3/c1-16-10(15)8-2-3-9(12-11-8)13-14-4-6-17-7-5-14/h2-3H,4-7H2,1H3,(H,12,13). The molecule has 0 atom stereocenters. The molecule has 0 radical (unpaired) electrons. The third-order valence-corrected chi connectivity index (χ3v) is 2.34. The molecule has 0 aliphatic carbocycles. The van der Waals surface area contributed by atoms with E-state index in [1.54, 1.807) is 12.1 Å². The molecule has 1 aromatic rings. The summed E-state index contributed by atoms with van der Waals surface area (Å²) in [6, 6.07) is 3.26. The van der Waals surface area contributed by atoms with Crippen LogP contribution in [-0.2, 0) is 9.47 Å². The number of nitrogens with zero attached hydrogens (tertiary/aromatic N) is 3. The van der Waals surface area contributed by atoms with E-state index in [1.807, 2.05) is 5.01 Å². The van der Waals surface area contributed by atoms with Crippen molar-refractivity contribution in [3.05, 3.63) is 17.8 Å². The highest BCUT2D eigenvalue weighted by Gasteiger charge is 2.12. The number of nitrogens with one attached hydrogen (secondary N) is 1. The molecule has 0 aromatic carbocycles. The van der Waals surface area contributed by atoms with Gasteiger partial charge in [-0.1, -0.05) is 0 Å². The first kappa shape index (κ1) is 11.7. The van der Waals surface area contributed by atoms with Crippen molar-refractivity contribution < 1.29 is 14.3 Å². The maximum Gasteiger partial charge on any atom is 0.358 e. The number of hydrazine groups is 1. The second-order valence-corrected chi connectivity index (χ2v) is 3.51. The third-order valence-electron chi connectivity index (χ3n) is 2.34. The fraction of sp³-hybridized carbons (Fsp3) is 0.500. The summed E-state index contributed by atoms with van der Waals surface area (Å²) in [6.45, 7) is 2.97. The lowest BCUT2D eigenvalue weighted by atomic mass is 10.4. The summed E-state index contributed by atoms with van der Waals surface area (Å²) in [5.41, 5.74) is 3.29. The van der Waals surface area contributed by atoms with E-state index in [2.05, 4.69) is 20.4 Å². The monoisotopic (exact) mass is 238 g/mol. The first-order valence-corrected chi connectivity index (χ1v) is 5.31. The molecule has 0 unspecified atom stereocenters. The molecule has 1 N–H and O–H groups in total. The molecule has 7 heteroatoms. The number of carbonyl (C=O) groups is 1. The van der Waals surface area contributed by atoms with Gasteiger partial charge in [-0.3, -0.25) is 0 Å². The number of morpholine rings is 1. The minimum absolute atomic E-state index is 0.194. The van der Waals surface area contributed by atoms with Crippen molar-refractivity contribution >= 4 is 11.8 Å².